The maximum atomic E-state index is 11.3. The number of hydrogen-bond donors (Lipinski definition) is 0. The summed E-state index contributed by atoms with van der Waals surface area (Å²) in [6, 6.07) is 13.4. The molecule has 0 saturated heterocycles. The maximum absolute atomic E-state index is 11.3. The lowest BCUT2D eigenvalue weighted by Gasteiger charge is -2.10. The minimum atomic E-state index is -0.490. The van der Waals surface area contributed by atoms with Gasteiger partial charge in [-0.15, -0.1) is 0 Å². The SMILES string of the molecule is Cc1ccc([N+](=O)[O-])cc1Sc1nc(Sc2cc([N+](=O)[O-])ccc2C)nc(Sc2cc([N+](=O)[O-])ccc2C)n1. The second-order valence-corrected chi connectivity index (χ2v) is 11.1. The molecule has 0 aliphatic carbocycles. The van der Waals surface area contributed by atoms with E-state index in [2.05, 4.69) is 15.0 Å². The summed E-state index contributed by atoms with van der Waals surface area (Å²) in [6.45, 7) is 5.41. The summed E-state index contributed by atoms with van der Waals surface area (Å²) >= 11 is 3.33. The predicted octanol–water partition coefficient (Wildman–Crippen LogP) is 6.98. The fraction of sp³-hybridized carbons (Fsp3) is 0.125. The molecule has 0 fully saturated rings. The summed E-state index contributed by atoms with van der Waals surface area (Å²) in [6.07, 6.45) is 0. The Morgan fingerprint density at radius 1 is 0.513 bits per heavy atom. The van der Waals surface area contributed by atoms with Gasteiger partial charge in [0, 0.05) is 51.1 Å². The van der Waals surface area contributed by atoms with Crippen LogP contribution in [0.5, 0.6) is 0 Å². The number of aromatic nitrogens is 3. The lowest BCUT2D eigenvalue weighted by molar-refractivity contribution is -0.385. The van der Waals surface area contributed by atoms with Crippen LogP contribution in [0.3, 0.4) is 0 Å². The normalized spacial score (nSPS) is 10.8. The third kappa shape index (κ3) is 6.87. The van der Waals surface area contributed by atoms with Gasteiger partial charge < -0.3 is 0 Å². The topological polar surface area (TPSA) is 168 Å². The van der Waals surface area contributed by atoms with Gasteiger partial charge >= 0.3 is 0 Å². The molecule has 39 heavy (non-hydrogen) atoms. The Hall–Kier alpha value is -4.08. The molecule has 15 heteroatoms. The van der Waals surface area contributed by atoms with E-state index in [1.54, 1.807) is 39.0 Å². The van der Waals surface area contributed by atoms with E-state index >= 15 is 0 Å². The van der Waals surface area contributed by atoms with Crippen molar-refractivity contribution in [3.8, 4) is 0 Å². The van der Waals surface area contributed by atoms with Crippen molar-refractivity contribution in [2.24, 2.45) is 0 Å². The van der Waals surface area contributed by atoms with E-state index in [9.17, 15) is 30.3 Å². The van der Waals surface area contributed by atoms with Crippen LogP contribution in [-0.4, -0.2) is 29.7 Å². The number of nitro groups is 3. The van der Waals surface area contributed by atoms with Crippen LogP contribution in [0.25, 0.3) is 0 Å². The van der Waals surface area contributed by atoms with Crippen LogP contribution in [-0.2, 0) is 0 Å². The van der Waals surface area contributed by atoms with Crippen molar-refractivity contribution in [2.45, 2.75) is 50.9 Å². The number of benzene rings is 3. The monoisotopic (exact) mass is 582 g/mol. The van der Waals surface area contributed by atoms with E-state index in [0.717, 1.165) is 52.0 Å². The van der Waals surface area contributed by atoms with Gasteiger partial charge in [-0.1, -0.05) is 18.2 Å². The highest BCUT2D eigenvalue weighted by Crippen LogP contribution is 2.37. The molecule has 0 aliphatic rings. The minimum Gasteiger partial charge on any atom is -0.258 e. The number of rotatable bonds is 9. The number of nitrogens with zero attached hydrogens (tertiary/aromatic N) is 6. The lowest BCUT2D eigenvalue weighted by atomic mass is 10.2. The van der Waals surface area contributed by atoms with Crippen molar-refractivity contribution in [1.29, 1.82) is 0 Å². The summed E-state index contributed by atoms with van der Waals surface area (Å²) in [5.41, 5.74) is 2.08. The van der Waals surface area contributed by atoms with Crippen LogP contribution in [0.1, 0.15) is 16.7 Å². The predicted molar refractivity (Wildman–Crippen MR) is 146 cm³/mol. The molecule has 0 amide bonds. The Labute approximate surface area is 234 Å². The number of nitro benzene ring substituents is 3. The second-order valence-electron chi connectivity index (χ2n) is 8.11. The molecule has 0 spiro atoms. The summed E-state index contributed by atoms with van der Waals surface area (Å²) in [5, 5.41) is 34.6. The number of non-ortho nitro benzene ring substituents is 3. The smallest absolute Gasteiger partial charge is 0.258 e. The molecule has 0 N–H and O–H groups in total. The van der Waals surface area contributed by atoms with E-state index in [0.29, 0.717) is 14.7 Å². The lowest BCUT2D eigenvalue weighted by Crippen LogP contribution is -1.99. The number of hydrogen-bond acceptors (Lipinski definition) is 12. The van der Waals surface area contributed by atoms with Gasteiger partial charge in [0.05, 0.1) is 14.8 Å². The molecule has 4 rings (SSSR count). The second kappa shape index (κ2) is 11.8. The Balaban J connectivity index is 1.77. The van der Waals surface area contributed by atoms with Crippen molar-refractivity contribution >= 4 is 52.3 Å². The van der Waals surface area contributed by atoms with Crippen molar-refractivity contribution < 1.29 is 14.8 Å². The highest BCUT2D eigenvalue weighted by molar-refractivity contribution is 8.00. The van der Waals surface area contributed by atoms with Gasteiger partial charge in [0.1, 0.15) is 0 Å². The number of aryl methyl sites for hydroxylation is 3. The van der Waals surface area contributed by atoms with E-state index in [1.807, 2.05) is 0 Å². The molecule has 0 radical (unpaired) electrons. The Bertz CT molecular complexity index is 1430. The van der Waals surface area contributed by atoms with E-state index < -0.39 is 14.8 Å². The molecular weight excluding hydrogens is 565 g/mol. The molecular formula is C24H18N6O6S3. The average Bonchev–Trinajstić information content (AvgIpc) is 2.87. The van der Waals surface area contributed by atoms with Gasteiger partial charge in [-0.05, 0) is 72.7 Å². The summed E-state index contributed by atoms with van der Waals surface area (Å²) in [4.78, 5) is 47.7. The van der Waals surface area contributed by atoms with E-state index in [4.69, 9.17) is 0 Å². The first kappa shape index (κ1) is 27.9. The van der Waals surface area contributed by atoms with Gasteiger partial charge in [0.25, 0.3) is 17.1 Å². The molecule has 1 heterocycles. The molecule has 0 saturated carbocycles. The minimum absolute atomic E-state index is 0.0826. The van der Waals surface area contributed by atoms with Crippen molar-refractivity contribution in [3.63, 3.8) is 0 Å². The summed E-state index contributed by atoms with van der Waals surface area (Å²) in [5.74, 6) is 0. The van der Waals surface area contributed by atoms with Crippen molar-refractivity contribution in [2.75, 3.05) is 0 Å². The van der Waals surface area contributed by atoms with E-state index in [1.165, 1.54) is 36.4 Å². The zero-order valence-corrected chi connectivity index (χ0v) is 23.0. The van der Waals surface area contributed by atoms with Crippen LogP contribution in [0.4, 0.5) is 17.1 Å². The van der Waals surface area contributed by atoms with Gasteiger partial charge in [0.15, 0.2) is 15.5 Å². The molecule has 3 aromatic carbocycles. The average molecular weight is 583 g/mol. The third-order valence-corrected chi connectivity index (χ3v) is 8.40. The Kier molecular flexibility index (Phi) is 8.42. The first-order chi connectivity index (χ1) is 18.5. The van der Waals surface area contributed by atoms with Crippen LogP contribution >= 0.6 is 35.3 Å². The molecule has 0 bridgehead atoms. The van der Waals surface area contributed by atoms with Crippen LogP contribution < -0.4 is 0 Å². The quantitative estimate of drug-likeness (QED) is 0.147. The van der Waals surface area contributed by atoms with Crippen molar-refractivity contribution in [1.82, 2.24) is 15.0 Å². The molecule has 198 valence electrons. The molecule has 4 aromatic rings. The first-order valence-corrected chi connectivity index (χ1v) is 13.5. The molecule has 1 aromatic heterocycles. The molecule has 0 aliphatic heterocycles. The molecule has 0 unspecified atom stereocenters. The first-order valence-electron chi connectivity index (χ1n) is 11.0. The van der Waals surface area contributed by atoms with Crippen LogP contribution in [0, 0.1) is 51.1 Å². The van der Waals surface area contributed by atoms with Gasteiger partial charge in [-0.2, -0.15) is 15.0 Å². The van der Waals surface area contributed by atoms with Gasteiger partial charge in [-0.25, -0.2) is 0 Å². The fourth-order valence-electron chi connectivity index (χ4n) is 3.19. The van der Waals surface area contributed by atoms with Gasteiger partial charge in [0.2, 0.25) is 0 Å². The highest BCUT2D eigenvalue weighted by atomic mass is 32.2. The zero-order valence-electron chi connectivity index (χ0n) is 20.6. The highest BCUT2D eigenvalue weighted by Gasteiger charge is 2.18. The standard InChI is InChI=1S/C24H18N6O6S3/c1-13-4-7-16(28(31)32)10-19(13)37-22-25-23(38-20-11-17(29(33)34)8-5-14(20)2)27-24(26-22)39-21-12-18(30(35)36)9-6-15(21)3/h4-12H,1-3H3. The zero-order chi connectivity index (χ0) is 28.3. The van der Waals surface area contributed by atoms with Crippen LogP contribution in [0.15, 0.2) is 84.8 Å². The van der Waals surface area contributed by atoms with Crippen molar-refractivity contribution in [3.05, 3.63) is 102 Å². The molecule has 0 atom stereocenters. The maximum Gasteiger partial charge on any atom is 0.270 e. The van der Waals surface area contributed by atoms with E-state index in [-0.39, 0.29) is 32.5 Å². The largest absolute Gasteiger partial charge is 0.270 e. The summed E-state index contributed by atoms with van der Waals surface area (Å²) in [7, 11) is 0. The Morgan fingerprint density at radius 3 is 1.00 bits per heavy atom. The van der Waals surface area contributed by atoms with Crippen LogP contribution in [0.2, 0.25) is 0 Å². The fourth-order valence-corrected chi connectivity index (χ4v) is 5.97. The molecule has 12 nitrogen and oxygen atoms in total. The summed E-state index contributed by atoms with van der Waals surface area (Å²) < 4.78 is 0. The Morgan fingerprint density at radius 2 is 0.769 bits per heavy atom. The van der Waals surface area contributed by atoms with Gasteiger partial charge in [-0.3, -0.25) is 30.3 Å². The third-order valence-electron chi connectivity index (χ3n) is 5.33.